The summed E-state index contributed by atoms with van der Waals surface area (Å²) in [7, 11) is 1.68. The molecule has 5 nitrogen and oxygen atoms in total. The molecule has 1 saturated heterocycles. The van der Waals surface area contributed by atoms with E-state index in [0.29, 0.717) is 13.0 Å². The molecule has 5 heteroatoms. The number of hydrogen-bond donors (Lipinski definition) is 1. The minimum atomic E-state index is -0.189. The van der Waals surface area contributed by atoms with Crippen LogP contribution in [0, 0.1) is 11.3 Å². The topological polar surface area (TPSA) is 65.4 Å². The molecule has 0 aromatic heterocycles. The Hall–Kier alpha value is -1.12. The number of hydrogen-bond acceptors (Lipinski definition) is 4. The highest BCUT2D eigenvalue weighted by atomic mass is 16.5. The SMILES string of the molecule is CN(CCC#N)C(=O)COC1(C)CNC1. The van der Waals surface area contributed by atoms with Crippen molar-refractivity contribution in [1.82, 2.24) is 10.2 Å². The van der Waals surface area contributed by atoms with Gasteiger partial charge in [0.2, 0.25) is 5.91 Å². The minimum Gasteiger partial charge on any atom is -0.363 e. The number of rotatable bonds is 5. The van der Waals surface area contributed by atoms with Crippen molar-refractivity contribution in [2.45, 2.75) is 18.9 Å². The summed E-state index contributed by atoms with van der Waals surface area (Å²) >= 11 is 0. The molecule has 1 fully saturated rings. The molecule has 84 valence electrons. The van der Waals surface area contributed by atoms with E-state index in [9.17, 15) is 4.79 Å². The minimum absolute atomic E-state index is 0.0709. The molecule has 0 aromatic carbocycles. The Kier molecular flexibility index (Phi) is 4.06. The van der Waals surface area contributed by atoms with Crippen LogP contribution in [0.15, 0.2) is 0 Å². The summed E-state index contributed by atoms with van der Waals surface area (Å²) in [5, 5.41) is 11.5. The lowest BCUT2D eigenvalue weighted by Gasteiger charge is -2.39. The van der Waals surface area contributed by atoms with E-state index < -0.39 is 0 Å². The lowest BCUT2D eigenvalue weighted by atomic mass is 10.0. The number of likely N-dealkylation sites (N-methyl/N-ethyl adjacent to an activating group) is 1. The summed E-state index contributed by atoms with van der Waals surface area (Å²) in [5.74, 6) is -0.0709. The molecule has 1 heterocycles. The summed E-state index contributed by atoms with van der Waals surface area (Å²) in [5.41, 5.74) is -0.189. The van der Waals surface area contributed by atoms with E-state index in [2.05, 4.69) is 5.32 Å². The number of nitrogens with zero attached hydrogens (tertiary/aromatic N) is 2. The largest absolute Gasteiger partial charge is 0.363 e. The van der Waals surface area contributed by atoms with Crippen LogP contribution in [0.4, 0.5) is 0 Å². The van der Waals surface area contributed by atoms with E-state index in [1.807, 2.05) is 13.0 Å². The summed E-state index contributed by atoms with van der Waals surface area (Å²) in [6.07, 6.45) is 0.362. The predicted octanol–water partition coefficient (Wildman–Crippen LogP) is -0.263. The molecule has 1 aliphatic heterocycles. The first-order valence-corrected chi connectivity index (χ1v) is 5.03. The van der Waals surface area contributed by atoms with Gasteiger partial charge in [0.25, 0.3) is 0 Å². The van der Waals surface area contributed by atoms with Gasteiger partial charge in [-0.25, -0.2) is 0 Å². The second-order valence-electron chi connectivity index (χ2n) is 4.07. The monoisotopic (exact) mass is 211 g/mol. The molecule has 0 bridgehead atoms. The van der Waals surface area contributed by atoms with E-state index >= 15 is 0 Å². The second kappa shape index (κ2) is 5.10. The van der Waals surface area contributed by atoms with Gasteiger partial charge in [0.05, 0.1) is 18.1 Å². The molecule has 1 N–H and O–H groups in total. The average molecular weight is 211 g/mol. The summed E-state index contributed by atoms with van der Waals surface area (Å²) < 4.78 is 5.49. The van der Waals surface area contributed by atoms with Crippen molar-refractivity contribution < 1.29 is 9.53 Å². The van der Waals surface area contributed by atoms with E-state index in [4.69, 9.17) is 10.00 Å². The quantitative estimate of drug-likeness (QED) is 0.680. The molecule has 0 saturated carbocycles. The number of nitriles is 1. The Bertz CT molecular complexity index is 268. The van der Waals surface area contributed by atoms with Crippen LogP contribution in [0.5, 0.6) is 0 Å². The van der Waals surface area contributed by atoms with Crippen LogP contribution >= 0.6 is 0 Å². The molecule has 0 atom stereocenters. The summed E-state index contributed by atoms with van der Waals surface area (Å²) in [4.78, 5) is 13.0. The standard InChI is InChI=1S/C10H17N3O2/c1-10(7-12-8-10)15-6-9(14)13(2)5-3-4-11/h12H,3,5-8H2,1-2H3. The number of nitrogens with one attached hydrogen (secondary N) is 1. The van der Waals surface area contributed by atoms with Gasteiger partial charge >= 0.3 is 0 Å². The normalized spacial score (nSPS) is 17.7. The van der Waals surface area contributed by atoms with Crippen LogP contribution < -0.4 is 5.32 Å². The number of carbonyl (C=O) groups excluding carboxylic acids is 1. The first kappa shape index (κ1) is 12.0. The summed E-state index contributed by atoms with van der Waals surface area (Å²) in [6.45, 7) is 4.13. The molecular formula is C10H17N3O2. The third kappa shape index (κ3) is 3.50. The van der Waals surface area contributed by atoms with Crippen LogP contribution in [0.2, 0.25) is 0 Å². The Balaban J connectivity index is 2.20. The molecule has 0 spiro atoms. The smallest absolute Gasteiger partial charge is 0.248 e. The molecule has 1 aliphatic rings. The average Bonchev–Trinajstić information content (AvgIpc) is 2.19. The molecule has 1 amide bonds. The maximum absolute atomic E-state index is 11.5. The zero-order chi connectivity index (χ0) is 11.3. The third-order valence-electron chi connectivity index (χ3n) is 2.53. The van der Waals surface area contributed by atoms with Crippen molar-refractivity contribution in [3.8, 4) is 6.07 Å². The van der Waals surface area contributed by atoms with Crippen LogP contribution in [0.25, 0.3) is 0 Å². The fraction of sp³-hybridized carbons (Fsp3) is 0.800. The summed E-state index contributed by atoms with van der Waals surface area (Å²) in [6, 6.07) is 2.00. The van der Waals surface area contributed by atoms with Crippen molar-refractivity contribution >= 4 is 5.91 Å². The molecule has 0 radical (unpaired) electrons. The Morgan fingerprint density at radius 3 is 2.80 bits per heavy atom. The molecular weight excluding hydrogens is 194 g/mol. The number of carbonyl (C=O) groups is 1. The Labute approximate surface area is 90.0 Å². The maximum Gasteiger partial charge on any atom is 0.248 e. The van der Waals surface area contributed by atoms with E-state index in [1.165, 1.54) is 4.90 Å². The molecule has 0 unspecified atom stereocenters. The highest BCUT2D eigenvalue weighted by molar-refractivity contribution is 5.77. The number of ether oxygens (including phenoxy) is 1. The lowest BCUT2D eigenvalue weighted by Crippen LogP contribution is -2.59. The third-order valence-corrected chi connectivity index (χ3v) is 2.53. The van der Waals surface area contributed by atoms with Crippen LogP contribution in [0.1, 0.15) is 13.3 Å². The van der Waals surface area contributed by atoms with Gasteiger partial charge in [-0.2, -0.15) is 5.26 Å². The van der Waals surface area contributed by atoms with Gasteiger partial charge in [-0.1, -0.05) is 0 Å². The molecule has 0 aromatic rings. The Morgan fingerprint density at radius 2 is 2.33 bits per heavy atom. The van der Waals surface area contributed by atoms with E-state index in [0.717, 1.165) is 13.1 Å². The van der Waals surface area contributed by atoms with Crippen molar-refractivity contribution in [1.29, 1.82) is 5.26 Å². The van der Waals surface area contributed by atoms with Crippen molar-refractivity contribution in [3.05, 3.63) is 0 Å². The fourth-order valence-corrected chi connectivity index (χ4v) is 1.27. The maximum atomic E-state index is 11.5. The lowest BCUT2D eigenvalue weighted by molar-refractivity contribution is -0.144. The molecule has 0 aliphatic carbocycles. The number of amides is 1. The van der Waals surface area contributed by atoms with Gasteiger partial charge < -0.3 is 15.0 Å². The van der Waals surface area contributed by atoms with Crippen molar-refractivity contribution in [2.75, 3.05) is 33.3 Å². The van der Waals surface area contributed by atoms with Crippen molar-refractivity contribution in [2.24, 2.45) is 0 Å². The van der Waals surface area contributed by atoms with Gasteiger partial charge in [-0.05, 0) is 6.92 Å². The highest BCUT2D eigenvalue weighted by Gasteiger charge is 2.33. The first-order valence-electron chi connectivity index (χ1n) is 5.03. The van der Waals surface area contributed by atoms with Crippen LogP contribution in [0.3, 0.4) is 0 Å². The van der Waals surface area contributed by atoms with Crippen LogP contribution in [-0.2, 0) is 9.53 Å². The molecule has 15 heavy (non-hydrogen) atoms. The van der Waals surface area contributed by atoms with Crippen LogP contribution in [-0.4, -0.2) is 49.7 Å². The predicted molar refractivity (Wildman–Crippen MR) is 55.1 cm³/mol. The highest BCUT2D eigenvalue weighted by Crippen LogP contribution is 2.14. The zero-order valence-corrected chi connectivity index (χ0v) is 9.25. The van der Waals surface area contributed by atoms with Gasteiger partial charge in [0.1, 0.15) is 6.61 Å². The van der Waals surface area contributed by atoms with Gasteiger partial charge in [0, 0.05) is 26.7 Å². The fourth-order valence-electron chi connectivity index (χ4n) is 1.27. The van der Waals surface area contributed by atoms with Gasteiger partial charge in [0.15, 0.2) is 0 Å². The molecule has 1 rings (SSSR count). The zero-order valence-electron chi connectivity index (χ0n) is 9.25. The Morgan fingerprint density at radius 1 is 1.67 bits per heavy atom. The van der Waals surface area contributed by atoms with Crippen molar-refractivity contribution in [3.63, 3.8) is 0 Å². The van der Waals surface area contributed by atoms with E-state index in [1.54, 1.807) is 7.05 Å². The first-order chi connectivity index (χ1) is 7.07. The second-order valence-corrected chi connectivity index (χ2v) is 4.07. The van der Waals surface area contributed by atoms with Gasteiger partial charge in [-0.15, -0.1) is 0 Å². The van der Waals surface area contributed by atoms with E-state index in [-0.39, 0.29) is 18.1 Å². The van der Waals surface area contributed by atoms with Gasteiger partial charge in [-0.3, -0.25) is 4.79 Å².